The van der Waals surface area contributed by atoms with Gasteiger partial charge in [-0.25, -0.2) is 9.36 Å². The highest BCUT2D eigenvalue weighted by molar-refractivity contribution is 5.97. The van der Waals surface area contributed by atoms with Crippen LogP contribution >= 0.6 is 0 Å². The third-order valence-electron chi connectivity index (χ3n) is 6.15. The monoisotopic (exact) mass is 438 g/mol. The lowest BCUT2D eigenvalue weighted by Gasteiger charge is -2.10. The highest BCUT2D eigenvalue weighted by Crippen LogP contribution is 2.33. The Kier molecular flexibility index (Phi) is 5.15. The van der Waals surface area contributed by atoms with Crippen molar-refractivity contribution in [3.63, 3.8) is 0 Å². The SMILES string of the molecule is Cc1[nH]c2ccccc2c1-n1c(C#N)c(-c2cn(CCCN(C)C)c3ccccc23)[nH]c1=O. The van der Waals surface area contributed by atoms with Crippen LogP contribution in [-0.4, -0.2) is 44.6 Å². The van der Waals surface area contributed by atoms with Gasteiger partial charge in [0.2, 0.25) is 0 Å². The maximum atomic E-state index is 13.2. The predicted molar refractivity (Wildman–Crippen MR) is 132 cm³/mol. The summed E-state index contributed by atoms with van der Waals surface area (Å²) in [6, 6.07) is 18.2. The number of rotatable bonds is 6. The number of hydrogen-bond acceptors (Lipinski definition) is 3. The minimum Gasteiger partial charge on any atom is -0.357 e. The number of aryl methyl sites for hydroxylation is 2. The topological polar surface area (TPSA) is 85.5 Å². The zero-order valence-corrected chi connectivity index (χ0v) is 19.0. The van der Waals surface area contributed by atoms with Crippen LogP contribution in [0.2, 0.25) is 0 Å². The second-order valence-electron chi connectivity index (χ2n) is 8.66. The van der Waals surface area contributed by atoms with Gasteiger partial charge in [0.05, 0.1) is 11.4 Å². The Morgan fingerprint density at radius 1 is 1.03 bits per heavy atom. The summed E-state index contributed by atoms with van der Waals surface area (Å²) in [7, 11) is 4.14. The summed E-state index contributed by atoms with van der Waals surface area (Å²) in [5, 5.41) is 12.1. The minimum atomic E-state index is -0.321. The molecule has 0 spiro atoms. The maximum absolute atomic E-state index is 13.2. The van der Waals surface area contributed by atoms with Crippen molar-refractivity contribution in [3.05, 3.63) is 76.6 Å². The molecule has 0 bridgehead atoms. The van der Waals surface area contributed by atoms with Crippen LogP contribution < -0.4 is 5.69 Å². The van der Waals surface area contributed by atoms with E-state index in [-0.39, 0.29) is 5.69 Å². The Bertz CT molecular complexity index is 1570. The fourth-order valence-corrected chi connectivity index (χ4v) is 4.69. The fourth-order valence-electron chi connectivity index (χ4n) is 4.69. The first kappa shape index (κ1) is 20.9. The highest BCUT2D eigenvalue weighted by Gasteiger charge is 2.23. The number of aromatic amines is 2. The molecule has 0 saturated carbocycles. The largest absolute Gasteiger partial charge is 0.357 e. The van der Waals surface area contributed by atoms with E-state index >= 15 is 0 Å². The van der Waals surface area contributed by atoms with Crippen LogP contribution in [0.25, 0.3) is 38.8 Å². The quantitative estimate of drug-likeness (QED) is 0.412. The van der Waals surface area contributed by atoms with E-state index in [0.29, 0.717) is 17.1 Å². The van der Waals surface area contributed by atoms with Crippen LogP contribution in [0.15, 0.2) is 59.5 Å². The number of imidazole rings is 1. The average Bonchev–Trinajstić information content (AvgIpc) is 3.43. The lowest BCUT2D eigenvalue weighted by atomic mass is 10.1. The molecule has 3 aromatic heterocycles. The first-order valence-electron chi connectivity index (χ1n) is 11.1. The molecule has 5 rings (SSSR count). The van der Waals surface area contributed by atoms with E-state index < -0.39 is 0 Å². The van der Waals surface area contributed by atoms with E-state index in [1.54, 1.807) is 0 Å². The van der Waals surface area contributed by atoms with E-state index in [9.17, 15) is 10.1 Å². The number of nitrogens with one attached hydrogen (secondary N) is 2. The fraction of sp³-hybridized carbons (Fsp3) is 0.231. The second kappa shape index (κ2) is 8.15. The minimum absolute atomic E-state index is 0.309. The molecule has 0 amide bonds. The van der Waals surface area contributed by atoms with Crippen molar-refractivity contribution < 1.29 is 0 Å². The van der Waals surface area contributed by atoms with Crippen LogP contribution in [0, 0.1) is 18.3 Å². The van der Waals surface area contributed by atoms with Crippen molar-refractivity contribution in [3.8, 4) is 23.0 Å². The zero-order valence-electron chi connectivity index (χ0n) is 19.0. The van der Waals surface area contributed by atoms with E-state index in [1.807, 2.05) is 49.4 Å². The van der Waals surface area contributed by atoms with E-state index in [1.165, 1.54) is 4.57 Å². The predicted octanol–water partition coefficient (Wildman–Crippen LogP) is 4.40. The summed E-state index contributed by atoms with van der Waals surface area (Å²) in [6.07, 6.45) is 3.06. The first-order valence-corrected chi connectivity index (χ1v) is 11.1. The number of hydrogen-bond donors (Lipinski definition) is 2. The molecule has 0 atom stereocenters. The standard InChI is InChI=1S/C26H26N6O/c1-17-25(19-10-4-6-11-21(19)28-17)32-23(15-27)24(29-26(32)33)20-16-31(14-8-13-30(2)3)22-12-7-5-9-18(20)22/h4-7,9-12,16,28H,8,13-14H2,1-3H3,(H,29,33). The van der Waals surface area contributed by atoms with Gasteiger partial charge in [-0.1, -0.05) is 36.4 Å². The number of H-pyrrole nitrogens is 2. The van der Waals surface area contributed by atoms with Gasteiger partial charge < -0.3 is 19.4 Å². The molecule has 2 N–H and O–H groups in total. The number of aromatic nitrogens is 4. The molecule has 3 heterocycles. The van der Waals surface area contributed by atoms with Crippen molar-refractivity contribution in [2.75, 3.05) is 20.6 Å². The van der Waals surface area contributed by atoms with Crippen LogP contribution in [0.3, 0.4) is 0 Å². The van der Waals surface area contributed by atoms with Crippen molar-refractivity contribution in [1.29, 1.82) is 5.26 Å². The van der Waals surface area contributed by atoms with Gasteiger partial charge >= 0.3 is 5.69 Å². The van der Waals surface area contributed by atoms with Crippen molar-refractivity contribution in [1.82, 2.24) is 24.0 Å². The number of para-hydroxylation sites is 2. The van der Waals surface area contributed by atoms with Gasteiger partial charge in [0.1, 0.15) is 6.07 Å². The van der Waals surface area contributed by atoms with Crippen LogP contribution in [0.1, 0.15) is 17.8 Å². The van der Waals surface area contributed by atoms with Gasteiger partial charge in [0, 0.05) is 45.8 Å². The molecule has 0 fully saturated rings. The maximum Gasteiger partial charge on any atom is 0.331 e. The first-order chi connectivity index (χ1) is 16.0. The summed E-state index contributed by atoms with van der Waals surface area (Å²) >= 11 is 0. The molecule has 0 aliphatic carbocycles. The van der Waals surface area contributed by atoms with Crippen molar-refractivity contribution in [2.45, 2.75) is 19.9 Å². The Labute approximate surface area is 191 Å². The Hall–Kier alpha value is -4.02. The summed E-state index contributed by atoms with van der Waals surface area (Å²) < 4.78 is 3.71. The van der Waals surface area contributed by atoms with Crippen LogP contribution in [0.5, 0.6) is 0 Å². The van der Waals surface area contributed by atoms with Crippen LogP contribution in [-0.2, 0) is 6.54 Å². The molecular weight excluding hydrogens is 412 g/mol. The van der Waals surface area contributed by atoms with Gasteiger partial charge in [-0.2, -0.15) is 5.26 Å². The van der Waals surface area contributed by atoms with Crippen LogP contribution in [0.4, 0.5) is 0 Å². The average molecular weight is 439 g/mol. The summed E-state index contributed by atoms with van der Waals surface area (Å²) in [5.41, 5.74) is 4.97. The molecule has 7 nitrogen and oxygen atoms in total. The second-order valence-corrected chi connectivity index (χ2v) is 8.66. The number of nitrogens with zero attached hydrogens (tertiary/aromatic N) is 4. The molecule has 0 aliphatic rings. The lowest BCUT2D eigenvalue weighted by molar-refractivity contribution is 0.388. The molecule has 2 aromatic carbocycles. The molecule has 0 radical (unpaired) electrons. The van der Waals surface area contributed by atoms with Gasteiger partial charge in [-0.3, -0.25) is 0 Å². The van der Waals surface area contributed by atoms with Gasteiger partial charge in [-0.15, -0.1) is 0 Å². The highest BCUT2D eigenvalue weighted by atomic mass is 16.1. The van der Waals surface area contributed by atoms with E-state index in [0.717, 1.165) is 52.6 Å². The summed E-state index contributed by atoms with van der Waals surface area (Å²) in [6.45, 7) is 3.76. The Morgan fingerprint density at radius 2 is 1.76 bits per heavy atom. The van der Waals surface area contributed by atoms with Crippen molar-refractivity contribution in [2.24, 2.45) is 0 Å². The van der Waals surface area contributed by atoms with Crippen molar-refractivity contribution >= 4 is 21.8 Å². The summed E-state index contributed by atoms with van der Waals surface area (Å²) in [5.74, 6) is 0. The molecule has 5 aromatic rings. The number of fused-ring (bicyclic) bond motifs is 2. The Balaban J connectivity index is 1.70. The van der Waals surface area contributed by atoms with Gasteiger partial charge in [0.15, 0.2) is 5.69 Å². The molecular formula is C26H26N6O. The number of benzene rings is 2. The van der Waals surface area contributed by atoms with Gasteiger partial charge in [-0.05, 0) is 46.1 Å². The van der Waals surface area contributed by atoms with Gasteiger partial charge in [0.25, 0.3) is 0 Å². The normalized spacial score (nSPS) is 11.6. The molecule has 0 aliphatic heterocycles. The molecule has 166 valence electrons. The lowest BCUT2D eigenvalue weighted by Crippen LogP contribution is -2.16. The smallest absolute Gasteiger partial charge is 0.331 e. The Morgan fingerprint density at radius 3 is 2.52 bits per heavy atom. The number of nitriles is 1. The summed E-state index contributed by atoms with van der Waals surface area (Å²) in [4.78, 5) is 21.7. The zero-order chi connectivity index (χ0) is 23.1. The third-order valence-corrected chi connectivity index (χ3v) is 6.15. The van der Waals surface area contributed by atoms with E-state index in [4.69, 9.17) is 0 Å². The molecule has 0 unspecified atom stereocenters. The molecule has 7 heteroatoms. The molecule has 0 saturated heterocycles. The van der Waals surface area contributed by atoms with E-state index in [2.05, 4.69) is 51.9 Å². The molecule has 33 heavy (non-hydrogen) atoms. The third kappa shape index (κ3) is 3.45.